The van der Waals surface area contributed by atoms with E-state index in [1.165, 1.54) is 11.3 Å². The molecule has 0 aliphatic rings. The van der Waals surface area contributed by atoms with Gasteiger partial charge in [-0.25, -0.2) is 9.97 Å². The minimum absolute atomic E-state index is 0.159. The lowest BCUT2D eigenvalue weighted by atomic mass is 10.2. The van der Waals surface area contributed by atoms with E-state index in [2.05, 4.69) is 9.97 Å². The summed E-state index contributed by atoms with van der Waals surface area (Å²) in [7, 11) is 0. The molecular formula is C10H3Cl3N2S. The van der Waals surface area contributed by atoms with Gasteiger partial charge in [0.15, 0.2) is 5.15 Å². The predicted molar refractivity (Wildman–Crippen MR) is 70.0 cm³/mol. The zero-order chi connectivity index (χ0) is 11.3. The predicted octanol–water partition coefficient (Wildman–Crippen LogP) is 4.80. The SMILES string of the molecule is Clc1ccc2c(c1)sc1c(Cl)nc(Cl)nc12. The molecule has 80 valence electrons. The highest BCUT2D eigenvalue weighted by atomic mass is 35.5. The maximum atomic E-state index is 6.02. The van der Waals surface area contributed by atoms with Gasteiger partial charge in [-0.15, -0.1) is 11.3 Å². The molecule has 0 radical (unpaired) electrons. The summed E-state index contributed by atoms with van der Waals surface area (Å²) < 4.78 is 1.87. The summed E-state index contributed by atoms with van der Waals surface area (Å²) in [6, 6.07) is 5.61. The highest BCUT2D eigenvalue weighted by molar-refractivity contribution is 7.26. The summed E-state index contributed by atoms with van der Waals surface area (Å²) in [5.74, 6) is 0. The van der Waals surface area contributed by atoms with Gasteiger partial charge in [-0.05, 0) is 29.8 Å². The third kappa shape index (κ3) is 1.55. The van der Waals surface area contributed by atoms with Crippen LogP contribution in [0.15, 0.2) is 18.2 Å². The lowest BCUT2D eigenvalue weighted by Gasteiger charge is -1.94. The van der Waals surface area contributed by atoms with E-state index >= 15 is 0 Å². The zero-order valence-electron chi connectivity index (χ0n) is 7.67. The number of benzene rings is 1. The minimum atomic E-state index is 0.159. The van der Waals surface area contributed by atoms with Crippen LogP contribution in [0, 0.1) is 0 Å². The lowest BCUT2D eigenvalue weighted by Crippen LogP contribution is -1.82. The second-order valence-electron chi connectivity index (χ2n) is 3.20. The number of hydrogen-bond donors (Lipinski definition) is 0. The Morgan fingerprint density at radius 1 is 1.06 bits per heavy atom. The van der Waals surface area contributed by atoms with E-state index < -0.39 is 0 Å². The minimum Gasteiger partial charge on any atom is -0.216 e. The molecule has 0 spiro atoms. The van der Waals surface area contributed by atoms with Crippen LogP contribution in [0.25, 0.3) is 20.3 Å². The number of aromatic nitrogens is 2. The number of nitrogens with zero attached hydrogens (tertiary/aromatic N) is 2. The fourth-order valence-electron chi connectivity index (χ4n) is 1.56. The van der Waals surface area contributed by atoms with E-state index in [1.54, 1.807) is 0 Å². The molecule has 2 heterocycles. The Morgan fingerprint density at radius 2 is 1.88 bits per heavy atom. The number of rotatable bonds is 0. The molecular weight excluding hydrogens is 287 g/mol. The first-order chi connectivity index (χ1) is 7.65. The first kappa shape index (κ1) is 10.5. The highest BCUT2D eigenvalue weighted by Gasteiger charge is 2.11. The summed E-state index contributed by atoms with van der Waals surface area (Å²) >= 11 is 19.2. The molecule has 0 amide bonds. The fourth-order valence-corrected chi connectivity index (χ4v) is 3.35. The van der Waals surface area contributed by atoms with Crippen molar-refractivity contribution in [3.05, 3.63) is 33.7 Å². The van der Waals surface area contributed by atoms with E-state index in [1.807, 2.05) is 18.2 Å². The van der Waals surface area contributed by atoms with Gasteiger partial charge in [0.1, 0.15) is 0 Å². The molecule has 16 heavy (non-hydrogen) atoms. The Labute approximate surface area is 110 Å². The van der Waals surface area contributed by atoms with Gasteiger partial charge < -0.3 is 0 Å². The molecule has 0 bridgehead atoms. The standard InChI is InChI=1S/C10H3Cl3N2S/c11-4-1-2-5-6(3-4)16-8-7(5)14-10(13)15-9(8)12/h1-3H. The first-order valence-electron chi connectivity index (χ1n) is 4.36. The number of thiophene rings is 1. The van der Waals surface area contributed by atoms with Crippen LogP contribution in [0.1, 0.15) is 0 Å². The van der Waals surface area contributed by atoms with Crippen molar-refractivity contribution in [3.63, 3.8) is 0 Å². The van der Waals surface area contributed by atoms with E-state index in [4.69, 9.17) is 34.8 Å². The Hall–Kier alpha value is -0.610. The molecule has 0 aliphatic carbocycles. The summed E-state index contributed by atoms with van der Waals surface area (Å²) in [4.78, 5) is 8.11. The second kappa shape index (κ2) is 3.70. The fraction of sp³-hybridized carbons (Fsp3) is 0. The molecule has 0 N–H and O–H groups in total. The van der Waals surface area contributed by atoms with Crippen LogP contribution in [-0.4, -0.2) is 9.97 Å². The average molecular weight is 290 g/mol. The number of halogens is 3. The second-order valence-corrected chi connectivity index (χ2v) is 5.39. The topological polar surface area (TPSA) is 25.8 Å². The van der Waals surface area contributed by atoms with Crippen molar-refractivity contribution in [2.45, 2.75) is 0 Å². The van der Waals surface area contributed by atoms with Crippen molar-refractivity contribution in [3.8, 4) is 0 Å². The summed E-state index contributed by atoms with van der Waals surface area (Å²) in [6.07, 6.45) is 0. The van der Waals surface area contributed by atoms with Gasteiger partial charge in [0, 0.05) is 15.1 Å². The maximum absolute atomic E-state index is 6.02. The van der Waals surface area contributed by atoms with Crippen LogP contribution in [0.4, 0.5) is 0 Å². The van der Waals surface area contributed by atoms with Crippen molar-refractivity contribution in [1.29, 1.82) is 0 Å². The lowest BCUT2D eigenvalue weighted by molar-refractivity contribution is 1.23. The molecule has 0 saturated heterocycles. The summed E-state index contributed by atoms with van der Waals surface area (Å²) in [5.41, 5.74) is 0.779. The van der Waals surface area contributed by atoms with Crippen molar-refractivity contribution in [2.75, 3.05) is 0 Å². The monoisotopic (exact) mass is 288 g/mol. The van der Waals surface area contributed by atoms with Crippen molar-refractivity contribution in [1.82, 2.24) is 9.97 Å². The molecule has 2 aromatic heterocycles. The van der Waals surface area contributed by atoms with Crippen molar-refractivity contribution in [2.24, 2.45) is 0 Å². The molecule has 3 aromatic rings. The highest BCUT2D eigenvalue weighted by Crippen LogP contribution is 2.37. The summed E-state index contributed by atoms with van der Waals surface area (Å²) in [6.45, 7) is 0. The number of fused-ring (bicyclic) bond motifs is 3. The largest absolute Gasteiger partial charge is 0.224 e. The van der Waals surface area contributed by atoms with Crippen LogP contribution in [0.2, 0.25) is 15.5 Å². The number of hydrogen-bond acceptors (Lipinski definition) is 3. The maximum Gasteiger partial charge on any atom is 0.224 e. The molecule has 0 atom stereocenters. The Balaban J connectivity index is 2.55. The molecule has 0 saturated carbocycles. The molecule has 0 aliphatic heterocycles. The van der Waals surface area contributed by atoms with Crippen molar-refractivity contribution >= 4 is 66.4 Å². The van der Waals surface area contributed by atoms with Gasteiger partial charge in [-0.2, -0.15) is 0 Å². The van der Waals surface area contributed by atoms with Crippen LogP contribution in [0.3, 0.4) is 0 Å². The Kier molecular flexibility index (Phi) is 2.44. The Bertz CT molecular complexity index is 708. The molecule has 0 fully saturated rings. The molecule has 2 nitrogen and oxygen atoms in total. The van der Waals surface area contributed by atoms with Crippen LogP contribution >= 0.6 is 46.1 Å². The zero-order valence-corrected chi connectivity index (χ0v) is 10.8. The molecule has 6 heteroatoms. The average Bonchev–Trinajstić information content (AvgIpc) is 2.56. The molecule has 3 rings (SSSR count). The summed E-state index contributed by atoms with van der Waals surface area (Å²) in [5, 5.41) is 2.23. The van der Waals surface area contributed by atoms with Crippen LogP contribution in [-0.2, 0) is 0 Å². The first-order valence-corrected chi connectivity index (χ1v) is 6.31. The van der Waals surface area contributed by atoms with Gasteiger partial charge >= 0.3 is 0 Å². The Morgan fingerprint density at radius 3 is 2.69 bits per heavy atom. The van der Waals surface area contributed by atoms with Gasteiger partial charge in [0.25, 0.3) is 0 Å². The van der Waals surface area contributed by atoms with E-state index in [-0.39, 0.29) is 5.28 Å². The van der Waals surface area contributed by atoms with Gasteiger partial charge in [0.2, 0.25) is 5.28 Å². The van der Waals surface area contributed by atoms with E-state index in [0.717, 1.165) is 20.3 Å². The third-order valence-electron chi connectivity index (χ3n) is 2.21. The normalized spacial score (nSPS) is 11.4. The van der Waals surface area contributed by atoms with Gasteiger partial charge in [-0.3, -0.25) is 0 Å². The third-order valence-corrected chi connectivity index (χ3v) is 4.15. The van der Waals surface area contributed by atoms with Gasteiger partial charge in [0.05, 0.1) is 10.2 Å². The van der Waals surface area contributed by atoms with Crippen molar-refractivity contribution < 1.29 is 0 Å². The van der Waals surface area contributed by atoms with Crippen LogP contribution < -0.4 is 0 Å². The van der Waals surface area contributed by atoms with Crippen LogP contribution in [0.5, 0.6) is 0 Å². The smallest absolute Gasteiger partial charge is 0.216 e. The quantitative estimate of drug-likeness (QED) is 0.438. The van der Waals surface area contributed by atoms with E-state index in [9.17, 15) is 0 Å². The molecule has 0 unspecified atom stereocenters. The molecule has 1 aromatic carbocycles. The van der Waals surface area contributed by atoms with E-state index in [0.29, 0.717) is 10.2 Å². The van der Waals surface area contributed by atoms with Gasteiger partial charge in [-0.1, -0.05) is 23.2 Å².